The Morgan fingerprint density at radius 3 is 2.89 bits per heavy atom. The van der Waals surface area contributed by atoms with Crippen LogP contribution in [0, 0.1) is 0 Å². The Bertz CT molecular complexity index is 168. The van der Waals surface area contributed by atoms with Gasteiger partial charge in [0.15, 0.2) is 0 Å². The van der Waals surface area contributed by atoms with E-state index in [1.165, 1.54) is 11.8 Å². The van der Waals surface area contributed by atoms with Crippen LogP contribution >= 0.6 is 11.8 Å². The van der Waals surface area contributed by atoms with E-state index in [2.05, 4.69) is 10.5 Å². The molecule has 0 aromatic carbocycles. The molecule has 0 saturated heterocycles. The fourth-order valence-corrected chi connectivity index (χ4v) is 1.28. The highest BCUT2D eigenvalue weighted by Gasteiger charge is 2.26. The molecule has 0 aliphatic carbocycles. The first-order valence-corrected chi connectivity index (χ1v) is 3.52. The van der Waals surface area contributed by atoms with Crippen LogP contribution in [0.1, 0.15) is 6.92 Å². The highest BCUT2D eigenvalue weighted by atomic mass is 32.2. The summed E-state index contributed by atoms with van der Waals surface area (Å²) < 4.78 is 0. The van der Waals surface area contributed by atoms with Gasteiger partial charge in [-0.15, -0.1) is 0 Å². The molecule has 1 atom stereocenters. The smallest absolute Gasteiger partial charge is 0.242 e. The van der Waals surface area contributed by atoms with Crippen LogP contribution in [-0.4, -0.2) is 22.7 Å². The van der Waals surface area contributed by atoms with Crippen molar-refractivity contribution in [2.75, 3.05) is 5.75 Å². The molecule has 1 rings (SSSR count). The molecule has 0 spiro atoms. The largest absolute Gasteiger partial charge is 0.479 e. The average molecular weight is 143 g/mol. The van der Waals surface area contributed by atoms with Gasteiger partial charge in [0, 0.05) is 0 Å². The van der Waals surface area contributed by atoms with Gasteiger partial charge in [-0.05, 0) is 12.7 Å². The lowest BCUT2D eigenvalue weighted by Crippen LogP contribution is -2.39. The Balaban J connectivity index is 2.74. The van der Waals surface area contributed by atoms with E-state index >= 15 is 0 Å². The highest BCUT2D eigenvalue weighted by Crippen LogP contribution is 2.21. The molecule has 0 bridgehead atoms. The second-order valence-corrected chi connectivity index (χ2v) is 2.89. The zero-order valence-corrected chi connectivity index (χ0v) is 5.86. The second kappa shape index (κ2) is 2.02. The average Bonchev–Trinajstić information content (AvgIpc) is 2.16. The minimum atomic E-state index is -0.690. The van der Waals surface area contributed by atoms with Crippen molar-refractivity contribution in [3.63, 3.8) is 0 Å². The molecule has 1 aliphatic heterocycles. The van der Waals surface area contributed by atoms with E-state index in [1.807, 2.05) is 0 Å². The van der Waals surface area contributed by atoms with E-state index in [-0.39, 0.29) is 5.91 Å². The van der Waals surface area contributed by atoms with E-state index in [0.29, 0.717) is 5.75 Å². The van der Waals surface area contributed by atoms with Gasteiger partial charge in [0.05, 0.1) is 0 Å². The minimum Gasteiger partial charge on any atom is -0.479 e. The van der Waals surface area contributed by atoms with Crippen molar-refractivity contribution >= 4 is 23.2 Å². The molecule has 50 valence electrons. The third-order valence-corrected chi connectivity index (χ3v) is 2.17. The first-order valence-electron chi connectivity index (χ1n) is 2.54. The Labute approximate surface area is 57.7 Å². The summed E-state index contributed by atoms with van der Waals surface area (Å²) >= 11 is 1.39. The lowest BCUT2D eigenvalue weighted by Gasteiger charge is -2.18. The summed E-state index contributed by atoms with van der Waals surface area (Å²) in [7, 11) is 0. The van der Waals surface area contributed by atoms with E-state index < -0.39 is 5.54 Å². The molecule has 1 heterocycles. The molecule has 3 nitrogen and oxygen atoms in total. The maximum atomic E-state index is 10.6. The van der Waals surface area contributed by atoms with Gasteiger partial charge in [0.2, 0.25) is 5.91 Å². The van der Waals surface area contributed by atoms with Crippen molar-refractivity contribution in [1.29, 1.82) is 0 Å². The minimum absolute atomic E-state index is 0.375. The summed E-state index contributed by atoms with van der Waals surface area (Å²) in [5.74, 6) is 0.252. The van der Waals surface area contributed by atoms with Crippen LogP contribution in [-0.2, 0) is 4.79 Å². The van der Waals surface area contributed by atoms with E-state index in [1.54, 1.807) is 6.92 Å². The van der Waals surface area contributed by atoms with Gasteiger partial charge in [-0.1, -0.05) is 0 Å². The lowest BCUT2D eigenvalue weighted by atomic mass is 10.1. The van der Waals surface area contributed by atoms with Crippen LogP contribution in [0.25, 0.3) is 0 Å². The SMILES string of the molecule is CC1(C(N)=O)CS[C-]=N1. The number of rotatable bonds is 1. The van der Waals surface area contributed by atoms with Crippen LogP contribution in [0.3, 0.4) is 0 Å². The monoisotopic (exact) mass is 143 g/mol. The number of aliphatic imine (C=N–C) groups is 1. The number of primary amides is 1. The van der Waals surface area contributed by atoms with Gasteiger partial charge >= 0.3 is 0 Å². The summed E-state index contributed by atoms with van der Waals surface area (Å²) in [4.78, 5) is 14.4. The van der Waals surface area contributed by atoms with Crippen LogP contribution in [0.15, 0.2) is 4.99 Å². The van der Waals surface area contributed by atoms with Crippen LogP contribution in [0.4, 0.5) is 0 Å². The molecule has 0 fully saturated rings. The highest BCUT2D eigenvalue weighted by molar-refractivity contribution is 8.12. The van der Waals surface area contributed by atoms with Crippen molar-refractivity contribution in [3.05, 3.63) is 0 Å². The number of amides is 1. The first kappa shape index (κ1) is 6.61. The standard InChI is InChI=1S/C5H7N2OS/c1-5(4(6)8)2-9-3-7-5/h2H2,1H3,(H2,6,8)/q-1. The Hall–Kier alpha value is -0.510. The molecule has 9 heavy (non-hydrogen) atoms. The first-order chi connectivity index (χ1) is 4.15. The Morgan fingerprint density at radius 1 is 2.00 bits per heavy atom. The number of hydrogen-bond donors (Lipinski definition) is 1. The maximum absolute atomic E-state index is 10.6. The molecule has 1 aliphatic rings. The summed E-state index contributed by atoms with van der Waals surface area (Å²) in [6.07, 6.45) is 0. The molecular weight excluding hydrogens is 136 g/mol. The zero-order valence-electron chi connectivity index (χ0n) is 5.05. The third-order valence-electron chi connectivity index (χ3n) is 1.24. The molecule has 1 amide bonds. The summed E-state index contributed by atoms with van der Waals surface area (Å²) in [5, 5.41) is 0. The zero-order chi connectivity index (χ0) is 6.91. The molecular formula is C5H7N2OS-. The molecule has 0 aromatic heterocycles. The summed E-state index contributed by atoms with van der Waals surface area (Å²) in [6.45, 7) is 1.71. The number of hydrogen-bond acceptors (Lipinski definition) is 3. The van der Waals surface area contributed by atoms with E-state index in [0.717, 1.165) is 0 Å². The number of thioether (sulfide) groups is 1. The van der Waals surface area contributed by atoms with Gasteiger partial charge in [-0.2, -0.15) is 0 Å². The number of carbonyl (C=O) groups excluding carboxylic acids is 1. The van der Waals surface area contributed by atoms with Crippen LogP contribution < -0.4 is 5.73 Å². The molecule has 0 saturated carbocycles. The van der Waals surface area contributed by atoms with Crippen molar-refractivity contribution < 1.29 is 4.79 Å². The van der Waals surface area contributed by atoms with Gasteiger partial charge in [-0.25, -0.2) is 0 Å². The number of nitrogens with two attached hydrogens (primary N) is 1. The van der Waals surface area contributed by atoms with Gasteiger partial charge in [-0.3, -0.25) is 4.79 Å². The topological polar surface area (TPSA) is 55.5 Å². The second-order valence-electron chi connectivity index (χ2n) is 2.13. The third kappa shape index (κ3) is 1.08. The van der Waals surface area contributed by atoms with E-state index in [9.17, 15) is 4.79 Å². The quantitative estimate of drug-likeness (QED) is 0.520. The summed E-state index contributed by atoms with van der Waals surface area (Å²) in [6, 6.07) is 0. The van der Waals surface area contributed by atoms with Crippen LogP contribution in [0.2, 0.25) is 0 Å². The normalized spacial score (nSPS) is 33.0. The molecule has 1 unspecified atom stereocenters. The predicted molar refractivity (Wildman–Crippen MR) is 37.5 cm³/mol. The molecule has 2 N–H and O–H groups in total. The molecule has 0 radical (unpaired) electrons. The van der Waals surface area contributed by atoms with Gasteiger partial charge < -0.3 is 28.0 Å². The van der Waals surface area contributed by atoms with Crippen molar-refractivity contribution in [1.82, 2.24) is 0 Å². The number of nitrogens with zero attached hydrogens (tertiary/aromatic N) is 1. The van der Waals surface area contributed by atoms with Crippen LogP contribution in [0.5, 0.6) is 0 Å². The Morgan fingerprint density at radius 2 is 2.67 bits per heavy atom. The molecule has 0 aromatic rings. The number of carbonyl (C=O) groups is 1. The fraction of sp³-hybridized carbons (Fsp3) is 0.600. The molecule has 4 heteroatoms. The van der Waals surface area contributed by atoms with Gasteiger partial charge in [0.25, 0.3) is 0 Å². The van der Waals surface area contributed by atoms with E-state index in [4.69, 9.17) is 5.73 Å². The predicted octanol–water partition coefficient (Wildman–Crippen LogP) is -0.117. The van der Waals surface area contributed by atoms with Crippen molar-refractivity contribution in [2.24, 2.45) is 10.7 Å². The van der Waals surface area contributed by atoms with Gasteiger partial charge in [0.1, 0.15) is 5.54 Å². The Kier molecular flexibility index (Phi) is 1.48. The maximum Gasteiger partial charge on any atom is 0.242 e. The summed E-state index contributed by atoms with van der Waals surface area (Å²) in [5.41, 5.74) is 6.99. The lowest BCUT2D eigenvalue weighted by molar-refractivity contribution is -0.121. The fourth-order valence-electron chi connectivity index (χ4n) is 0.464. The van der Waals surface area contributed by atoms with Crippen molar-refractivity contribution in [2.45, 2.75) is 12.5 Å². The van der Waals surface area contributed by atoms with Crippen molar-refractivity contribution in [3.8, 4) is 0 Å².